The molecular weight excluding hydrogens is 348 g/mol. The summed E-state index contributed by atoms with van der Waals surface area (Å²) in [5.41, 5.74) is 1.04. The van der Waals surface area contributed by atoms with Gasteiger partial charge in [-0.15, -0.1) is 0 Å². The molecule has 25 heavy (non-hydrogen) atoms. The summed E-state index contributed by atoms with van der Waals surface area (Å²) in [7, 11) is 0. The summed E-state index contributed by atoms with van der Waals surface area (Å²) < 4.78 is 4.81. The number of nitro groups is 1. The van der Waals surface area contributed by atoms with Gasteiger partial charge in [0.15, 0.2) is 6.61 Å². The monoisotopic (exact) mass is 360 g/mol. The van der Waals surface area contributed by atoms with Gasteiger partial charge in [-0.2, -0.15) is 0 Å². The molecule has 0 atom stereocenters. The molecule has 0 aliphatic rings. The van der Waals surface area contributed by atoms with E-state index in [9.17, 15) is 19.7 Å². The average molecular weight is 361 g/mol. The van der Waals surface area contributed by atoms with Crippen LogP contribution >= 0.6 is 11.6 Å². The van der Waals surface area contributed by atoms with Crippen LogP contribution in [0.25, 0.3) is 6.08 Å². The van der Waals surface area contributed by atoms with E-state index in [0.29, 0.717) is 10.7 Å². The van der Waals surface area contributed by atoms with E-state index in [-0.39, 0.29) is 5.69 Å². The normalized spacial score (nSPS) is 10.4. The fraction of sp³-hybridized carbons (Fsp3) is 0.0588. The maximum Gasteiger partial charge on any atom is 0.331 e. The number of anilines is 1. The number of non-ortho nitro benzene ring substituents is 1. The van der Waals surface area contributed by atoms with Crippen molar-refractivity contribution in [1.82, 2.24) is 0 Å². The first kappa shape index (κ1) is 18.2. The molecular formula is C17H13ClN2O5. The lowest BCUT2D eigenvalue weighted by atomic mass is 10.2. The van der Waals surface area contributed by atoms with E-state index < -0.39 is 23.4 Å². The zero-order chi connectivity index (χ0) is 18.2. The van der Waals surface area contributed by atoms with Gasteiger partial charge in [-0.05, 0) is 35.9 Å². The number of esters is 1. The second-order valence-corrected chi connectivity index (χ2v) is 5.28. The Morgan fingerprint density at radius 3 is 2.36 bits per heavy atom. The number of nitrogens with zero attached hydrogens (tertiary/aromatic N) is 1. The van der Waals surface area contributed by atoms with E-state index in [4.69, 9.17) is 16.3 Å². The van der Waals surface area contributed by atoms with Crippen LogP contribution in [0.2, 0.25) is 5.02 Å². The fourth-order valence-electron chi connectivity index (χ4n) is 1.79. The molecule has 0 saturated heterocycles. The number of hydrogen-bond donors (Lipinski definition) is 1. The lowest BCUT2D eigenvalue weighted by Crippen LogP contribution is -2.20. The van der Waals surface area contributed by atoms with Crippen LogP contribution in [-0.4, -0.2) is 23.4 Å². The topological polar surface area (TPSA) is 98.5 Å². The molecule has 0 heterocycles. The minimum absolute atomic E-state index is 0.0863. The Kier molecular flexibility index (Phi) is 6.25. The predicted molar refractivity (Wildman–Crippen MR) is 93.2 cm³/mol. The van der Waals surface area contributed by atoms with E-state index in [0.717, 1.165) is 5.56 Å². The van der Waals surface area contributed by atoms with Crippen LogP contribution in [0, 0.1) is 10.1 Å². The number of ether oxygens (including phenoxy) is 1. The largest absolute Gasteiger partial charge is 0.452 e. The highest BCUT2D eigenvalue weighted by Gasteiger charge is 2.08. The van der Waals surface area contributed by atoms with Gasteiger partial charge in [0.1, 0.15) is 0 Å². The minimum Gasteiger partial charge on any atom is -0.452 e. The third-order valence-electron chi connectivity index (χ3n) is 2.99. The maximum absolute atomic E-state index is 11.7. The van der Waals surface area contributed by atoms with Gasteiger partial charge >= 0.3 is 5.97 Å². The Balaban J connectivity index is 1.79. The predicted octanol–water partition coefficient (Wildman–Crippen LogP) is 3.44. The Bertz CT molecular complexity index is 801. The molecule has 2 rings (SSSR count). The Hall–Kier alpha value is -3.19. The van der Waals surface area contributed by atoms with E-state index in [1.807, 2.05) is 0 Å². The number of nitro benzene ring substituents is 1. The van der Waals surface area contributed by atoms with E-state index >= 15 is 0 Å². The lowest BCUT2D eigenvalue weighted by molar-refractivity contribution is -0.384. The third kappa shape index (κ3) is 6.08. The van der Waals surface area contributed by atoms with Crippen LogP contribution in [0.3, 0.4) is 0 Å². The van der Waals surface area contributed by atoms with Crippen molar-refractivity contribution in [3.63, 3.8) is 0 Å². The van der Waals surface area contributed by atoms with Gasteiger partial charge in [-0.25, -0.2) is 4.79 Å². The number of hydrogen-bond acceptors (Lipinski definition) is 5. The van der Waals surface area contributed by atoms with E-state index in [1.54, 1.807) is 24.3 Å². The fourth-order valence-corrected chi connectivity index (χ4v) is 1.91. The quantitative estimate of drug-likeness (QED) is 0.368. The molecule has 1 amide bonds. The van der Waals surface area contributed by atoms with Crippen molar-refractivity contribution >= 4 is 40.9 Å². The maximum atomic E-state index is 11.7. The van der Waals surface area contributed by atoms with Crippen molar-refractivity contribution in [1.29, 1.82) is 0 Å². The summed E-state index contributed by atoms with van der Waals surface area (Å²) in [4.78, 5) is 33.3. The molecule has 0 saturated carbocycles. The number of carbonyl (C=O) groups excluding carboxylic acids is 2. The Labute approximate surface area is 148 Å². The molecule has 0 spiro atoms. The second-order valence-electron chi connectivity index (χ2n) is 4.84. The van der Waals surface area contributed by atoms with Gasteiger partial charge in [0, 0.05) is 28.9 Å². The lowest BCUT2D eigenvalue weighted by Gasteiger charge is -2.05. The first-order chi connectivity index (χ1) is 11.9. The Morgan fingerprint density at radius 1 is 1.12 bits per heavy atom. The molecule has 0 aromatic heterocycles. The highest BCUT2D eigenvalue weighted by molar-refractivity contribution is 6.30. The van der Waals surface area contributed by atoms with Gasteiger partial charge < -0.3 is 10.1 Å². The number of rotatable bonds is 6. The highest BCUT2D eigenvalue weighted by Crippen LogP contribution is 2.15. The molecule has 0 bridgehead atoms. The molecule has 2 aromatic rings. The number of nitrogens with one attached hydrogen (secondary N) is 1. The molecule has 2 aromatic carbocycles. The van der Waals surface area contributed by atoms with Crippen LogP contribution in [0.1, 0.15) is 5.56 Å². The number of benzene rings is 2. The molecule has 0 fully saturated rings. The van der Waals surface area contributed by atoms with Crippen molar-refractivity contribution in [3.8, 4) is 0 Å². The van der Waals surface area contributed by atoms with Crippen LogP contribution in [0.4, 0.5) is 11.4 Å². The summed E-state index contributed by atoms with van der Waals surface area (Å²) in [6.07, 6.45) is 2.73. The van der Waals surface area contributed by atoms with Crippen molar-refractivity contribution in [2.24, 2.45) is 0 Å². The van der Waals surface area contributed by atoms with Crippen molar-refractivity contribution in [2.75, 3.05) is 11.9 Å². The first-order valence-electron chi connectivity index (χ1n) is 7.09. The van der Waals surface area contributed by atoms with Crippen LogP contribution in [0.5, 0.6) is 0 Å². The standard InChI is InChI=1S/C17H13ClN2O5/c18-13-4-1-12(2-5-13)3-10-17(22)25-11-16(21)19-14-6-8-15(9-7-14)20(23)24/h1-10H,11H2,(H,19,21)/b10-3+. The SMILES string of the molecule is O=C(COC(=O)/C=C/c1ccc(Cl)cc1)Nc1ccc([N+](=O)[O-])cc1. The summed E-state index contributed by atoms with van der Waals surface area (Å²) in [6, 6.07) is 12.1. The molecule has 0 aliphatic heterocycles. The summed E-state index contributed by atoms with van der Waals surface area (Å²) in [6.45, 7) is -0.471. The van der Waals surface area contributed by atoms with Crippen molar-refractivity contribution in [2.45, 2.75) is 0 Å². The molecule has 1 N–H and O–H groups in total. The third-order valence-corrected chi connectivity index (χ3v) is 3.24. The van der Waals surface area contributed by atoms with Gasteiger partial charge in [-0.1, -0.05) is 23.7 Å². The van der Waals surface area contributed by atoms with E-state index in [2.05, 4.69) is 5.32 Å². The van der Waals surface area contributed by atoms with E-state index in [1.165, 1.54) is 36.4 Å². The zero-order valence-electron chi connectivity index (χ0n) is 12.8. The number of amides is 1. The number of halogens is 1. The van der Waals surface area contributed by atoms with Gasteiger partial charge in [0.2, 0.25) is 0 Å². The van der Waals surface area contributed by atoms with Crippen LogP contribution in [-0.2, 0) is 14.3 Å². The Morgan fingerprint density at radius 2 is 1.76 bits per heavy atom. The average Bonchev–Trinajstić information content (AvgIpc) is 2.60. The van der Waals surface area contributed by atoms with Crippen molar-refractivity contribution in [3.05, 3.63) is 75.3 Å². The molecule has 0 radical (unpaired) electrons. The molecule has 8 heteroatoms. The zero-order valence-corrected chi connectivity index (χ0v) is 13.6. The van der Waals surface area contributed by atoms with Crippen LogP contribution < -0.4 is 5.32 Å². The van der Waals surface area contributed by atoms with Crippen molar-refractivity contribution < 1.29 is 19.2 Å². The van der Waals surface area contributed by atoms with Crippen LogP contribution in [0.15, 0.2) is 54.6 Å². The van der Waals surface area contributed by atoms with Gasteiger partial charge in [0.05, 0.1) is 4.92 Å². The summed E-state index contributed by atoms with van der Waals surface area (Å²) in [5, 5.41) is 13.6. The first-order valence-corrected chi connectivity index (χ1v) is 7.46. The molecule has 0 unspecified atom stereocenters. The highest BCUT2D eigenvalue weighted by atomic mass is 35.5. The number of carbonyl (C=O) groups is 2. The molecule has 0 aliphatic carbocycles. The van der Waals surface area contributed by atoms with Gasteiger partial charge in [0.25, 0.3) is 11.6 Å². The summed E-state index contributed by atoms with van der Waals surface area (Å²) in [5.74, 6) is -1.23. The molecule has 128 valence electrons. The summed E-state index contributed by atoms with van der Waals surface area (Å²) >= 11 is 5.76. The second kappa shape index (κ2) is 8.60. The van der Waals surface area contributed by atoms with Gasteiger partial charge in [-0.3, -0.25) is 14.9 Å². The minimum atomic E-state index is -0.672. The molecule has 7 nitrogen and oxygen atoms in total. The smallest absolute Gasteiger partial charge is 0.331 e.